The zero-order valence-corrected chi connectivity index (χ0v) is 12.0. The number of thioether (sulfide) groups is 1. The summed E-state index contributed by atoms with van der Waals surface area (Å²) in [6.45, 7) is 7.66. The molecular weight excluding hydrogens is 250 g/mol. The average molecular weight is 271 g/mol. The van der Waals surface area contributed by atoms with Crippen LogP contribution in [0.4, 0.5) is 0 Å². The van der Waals surface area contributed by atoms with Gasteiger partial charge in [-0.2, -0.15) is 16.7 Å². The fourth-order valence-corrected chi connectivity index (χ4v) is 3.52. The third kappa shape index (κ3) is 3.05. The lowest BCUT2D eigenvalue weighted by molar-refractivity contribution is 0.0683. The maximum absolute atomic E-state index is 5.47. The first-order chi connectivity index (χ1) is 8.76. The SMILES string of the molecule is CCNC1CSCC1c1nc(C(C)OCC)no1. The number of nitrogens with zero attached hydrogens (tertiary/aromatic N) is 2. The van der Waals surface area contributed by atoms with E-state index in [0.717, 1.165) is 23.9 Å². The first kappa shape index (κ1) is 13.8. The van der Waals surface area contributed by atoms with Gasteiger partial charge in [0.15, 0.2) is 5.82 Å². The molecule has 1 saturated heterocycles. The van der Waals surface area contributed by atoms with Crippen LogP contribution in [-0.4, -0.2) is 40.8 Å². The quantitative estimate of drug-likeness (QED) is 0.853. The van der Waals surface area contributed by atoms with Crippen LogP contribution in [-0.2, 0) is 4.74 Å². The molecule has 1 aliphatic rings. The Balaban J connectivity index is 2.04. The molecule has 0 radical (unpaired) electrons. The van der Waals surface area contributed by atoms with E-state index in [1.54, 1.807) is 0 Å². The Morgan fingerprint density at radius 1 is 1.50 bits per heavy atom. The Hall–Kier alpha value is -0.590. The van der Waals surface area contributed by atoms with E-state index >= 15 is 0 Å². The van der Waals surface area contributed by atoms with Gasteiger partial charge in [-0.1, -0.05) is 12.1 Å². The van der Waals surface area contributed by atoms with Crippen LogP contribution in [0.15, 0.2) is 4.52 Å². The van der Waals surface area contributed by atoms with Crippen LogP contribution in [0.25, 0.3) is 0 Å². The number of ether oxygens (including phenoxy) is 1. The number of nitrogens with one attached hydrogen (secondary N) is 1. The lowest BCUT2D eigenvalue weighted by Gasteiger charge is -2.15. The van der Waals surface area contributed by atoms with Crippen LogP contribution >= 0.6 is 11.8 Å². The molecule has 3 atom stereocenters. The minimum Gasteiger partial charge on any atom is -0.371 e. The van der Waals surface area contributed by atoms with Crippen LogP contribution in [0.2, 0.25) is 0 Å². The van der Waals surface area contributed by atoms with Crippen molar-refractivity contribution in [2.24, 2.45) is 0 Å². The smallest absolute Gasteiger partial charge is 0.232 e. The molecule has 2 heterocycles. The summed E-state index contributed by atoms with van der Waals surface area (Å²) in [7, 11) is 0. The molecule has 0 amide bonds. The van der Waals surface area contributed by atoms with E-state index < -0.39 is 0 Å². The lowest BCUT2D eigenvalue weighted by Crippen LogP contribution is -2.34. The summed E-state index contributed by atoms with van der Waals surface area (Å²) in [5, 5.41) is 7.50. The van der Waals surface area contributed by atoms with Crippen molar-refractivity contribution in [3.63, 3.8) is 0 Å². The van der Waals surface area contributed by atoms with Gasteiger partial charge >= 0.3 is 0 Å². The van der Waals surface area contributed by atoms with Crippen LogP contribution in [0, 0.1) is 0 Å². The van der Waals surface area contributed by atoms with Gasteiger partial charge in [-0.3, -0.25) is 0 Å². The molecule has 3 unspecified atom stereocenters. The predicted molar refractivity (Wildman–Crippen MR) is 71.9 cm³/mol. The molecule has 5 nitrogen and oxygen atoms in total. The van der Waals surface area contributed by atoms with Crippen molar-refractivity contribution in [2.45, 2.75) is 38.8 Å². The Bertz CT molecular complexity index is 372. The van der Waals surface area contributed by atoms with Crippen molar-refractivity contribution in [1.29, 1.82) is 0 Å². The van der Waals surface area contributed by atoms with E-state index in [9.17, 15) is 0 Å². The van der Waals surface area contributed by atoms with Crippen LogP contribution < -0.4 is 5.32 Å². The molecule has 18 heavy (non-hydrogen) atoms. The standard InChI is InChI=1S/C12H21N3O2S/c1-4-13-10-7-18-6-9(10)12-14-11(15-17-12)8(3)16-5-2/h8-10,13H,4-7H2,1-3H3. The minimum absolute atomic E-state index is 0.0980. The van der Waals surface area contributed by atoms with Crippen molar-refractivity contribution in [2.75, 3.05) is 24.7 Å². The van der Waals surface area contributed by atoms with E-state index in [4.69, 9.17) is 9.26 Å². The van der Waals surface area contributed by atoms with Crippen molar-refractivity contribution >= 4 is 11.8 Å². The van der Waals surface area contributed by atoms with Crippen LogP contribution in [0.5, 0.6) is 0 Å². The second kappa shape index (κ2) is 6.54. The van der Waals surface area contributed by atoms with Crippen molar-refractivity contribution < 1.29 is 9.26 Å². The first-order valence-corrected chi connectivity index (χ1v) is 7.67. The number of rotatable bonds is 6. The Labute approximate surface area is 112 Å². The van der Waals surface area contributed by atoms with Crippen molar-refractivity contribution in [3.8, 4) is 0 Å². The second-order valence-electron chi connectivity index (χ2n) is 4.40. The van der Waals surface area contributed by atoms with Crippen LogP contribution in [0.3, 0.4) is 0 Å². The highest BCUT2D eigenvalue weighted by Crippen LogP contribution is 2.32. The van der Waals surface area contributed by atoms with Crippen molar-refractivity contribution in [1.82, 2.24) is 15.5 Å². The third-order valence-corrected chi connectivity index (χ3v) is 4.29. The summed E-state index contributed by atoms with van der Waals surface area (Å²) < 4.78 is 10.9. The summed E-state index contributed by atoms with van der Waals surface area (Å²) >= 11 is 1.93. The summed E-state index contributed by atoms with van der Waals surface area (Å²) in [6, 6.07) is 0.440. The zero-order chi connectivity index (χ0) is 13.0. The summed E-state index contributed by atoms with van der Waals surface area (Å²) in [5.74, 6) is 3.87. The van der Waals surface area contributed by atoms with Gasteiger partial charge in [-0.15, -0.1) is 0 Å². The van der Waals surface area contributed by atoms with Gasteiger partial charge in [-0.25, -0.2) is 0 Å². The highest BCUT2D eigenvalue weighted by molar-refractivity contribution is 7.99. The number of likely N-dealkylation sites (N-methyl/N-ethyl adjacent to an activating group) is 1. The van der Waals surface area contributed by atoms with Crippen molar-refractivity contribution in [3.05, 3.63) is 11.7 Å². The van der Waals surface area contributed by atoms with Gasteiger partial charge in [0.05, 0.1) is 5.92 Å². The molecule has 0 aromatic carbocycles. The van der Waals surface area contributed by atoms with Gasteiger partial charge in [0, 0.05) is 24.2 Å². The molecule has 1 aromatic rings. The molecule has 1 aromatic heterocycles. The molecule has 1 N–H and O–H groups in total. The first-order valence-electron chi connectivity index (χ1n) is 6.52. The molecule has 0 spiro atoms. The van der Waals surface area contributed by atoms with E-state index in [1.807, 2.05) is 25.6 Å². The summed E-state index contributed by atoms with van der Waals surface area (Å²) in [6.07, 6.45) is -0.0980. The summed E-state index contributed by atoms with van der Waals surface area (Å²) in [4.78, 5) is 4.49. The summed E-state index contributed by atoms with van der Waals surface area (Å²) in [5.41, 5.74) is 0. The fourth-order valence-electron chi connectivity index (χ4n) is 2.15. The van der Waals surface area contributed by atoms with E-state index in [1.165, 1.54) is 0 Å². The molecule has 1 fully saturated rings. The zero-order valence-electron chi connectivity index (χ0n) is 11.2. The molecule has 0 bridgehead atoms. The molecular formula is C12H21N3O2S. The van der Waals surface area contributed by atoms with E-state index in [0.29, 0.717) is 24.4 Å². The molecule has 1 aliphatic heterocycles. The van der Waals surface area contributed by atoms with Gasteiger partial charge in [0.1, 0.15) is 6.10 Å². The molecule has 2 rings (SSSR count). The molecule has 6 heteroatoms. The van der Waals surface area contributed by atoms with Gasteiger partial charge in [-0.05, 0) is 20.4 Å². The number of hydrogen-bond donors (Lipinski definition) is 1. The number of aromatic nitrogens is 2. The van der Waals surface area contributed by atoms with Gasteiger partial charge < -0.3 is 14.6 Å². The maximum Gasteiger partial charge on any atom is 0.232 e. The maximum atomic E-state index is 5.47. The highest BCUT2D eigenvalue weighted by atomic mass is 32.2. The lowest BCUT2D eigenvalue weighted by atomic mass is 10.0. The average Bonchev–Trinajstić information content (AvgIpc) is 2.97. The van der Waals surface area contributed by atoms with E-state index in [2.05, 4.69) is 22.4 Å². The normalized spacial score (nSPS) is 25.5. The minimum atomic E-state index is -0.0980. The molecule has 0 saturated carbocycles. The van der Waals surface area contributed by atoms with Gasteiger partial charge in [0.25, 0.3) is 0 Å². The van der Waals surface area contributed by atoms with E-state index in [-0.39, 0.29) is 6.10 Å². The second-order valence-corrected chi connectivity index (χ2v) is 5.47. The topological polar surface area (TPSA) is 60.2 Å². The Morgan fingerprint density at radius 2 is 2.33 bits per heavy atom. The van der Waals surface area contributed by atoms with Crippen LogP contribution in [0.1, 0.15) is 44.5 Å². The third-order valence-electron chi connectivity index (χ3n) is 3.10. The monoisotopic (exact) mass is 271 g/mol. The fraction of sp³-hybridized carbons (Fsp3) is 0.833. The molecule has 102 valence electrons. The molecule has 0 aliphatic carbocycles. The highest BCUT2D eigenvalue weighted by Gasteiger charge is 2.33. The largest absolute Gasteiger partial charge is 0.371 e. The Kier molecular flexibility index (Phi) is 5.03. The van der Waals surface area contributed by atoms with Gasteiger partial charge in [0.2, 0.25) is 5.89 Å². The predicted octanol–water partition coefficient (Wildman–Crippen LogP) is 1.98. The Morgan fingerprint density at radius 3 is 3.06 bits per heavy atom. The number of hydrogen-bond acceptors (Lipinski definition) is 6.